The molecule has 0 saturated carbocycles. The molecule has 0 N–H and O–H groups in total. The van der Waals surface area contributed by atoms with Crippen molar-refractivity contribution in [2.45, 2.75) is 26.0 Å². The molecule has 0 amide bonds. The lowest BCUT2D eigenvalue weighted by Gasteiger charge is -2.05. The number of nitrogens with zero attached hydrogens (tertiary/aromatic N) is 1. The summed E-state index contributed by atoms with van der Waals surface area (Å²) >= 11 is 1.68. The van der Waals surface area contributed by atoms with Gasteiger partial charge in [0.25, 0.3) is 0 Å². The molecule has 2 nitrogen and oxygen atoms in total. The van der Waals surface area contributed by atoms with E-state index in [9.17, 15) is 4.79 Å². The van der Waals surface area contributed by atoms with Gasteiger partial charge in [0.1, 0.15) is 0 Å². The summed E-state index contributed by atoms with van der Waals surface area (Å²) in [5, 5.41) is 1.51. The molecular formula is C15H17NOS. The van der Waals surface area contributed by atoms with Crippen molar-refractivity contribution in [2.75, 3.05) is 5.75 Å². The Morgan fingerprint density at radius 2 is 2.06 bits per heavy atom. The molecule has 0 atom stereocenters. The van der Waals surface area contributed by atoms with Gasteiger partial charge in [-0.1, -0.05) is 19.9 Å². The lowest BCUT2D eigenvalue weighted by atomic mass is 10.1. The highest BCUT2D eigenvalue weighted by molar-refractivity contribution is 8.00. The van der Waals surface area contributed by atoms with Gasteiger partial charge in [0.15, 0.2) is 5.78 Å². The number of aryl methyl sites for hydroxylation is 1. The topological polar surface area (TPSA) is 30.0 Å². The molecule has 0 aliphatic heterocycles. The van der Waals surface area contributed by atoms with Gasteiger partial charge < -0.3 is 0 Å². The number of rotatable bonds is 4. The van der Waals surface area contributed by atoms with Crippen molar-refractivity contribution in [2.24, 2.45) is 0 Å². The van der Waals surface area contributed by atoms with Crippen LogP contribution in [0.2, 0.25) is 0 Å². The third kappa shape index (κ3) is 3.10. The molecular weight excluding hydrogens is 242 g/mol. The fraction of sp³-hybridized carbons (Fsp3) is 0.333. The minimum Gasteiger partial charge on any atom is -0.293 e. The van der Waals surface area contributed by atoms with E-state index in [0.717, 1.165) is 22.2 Å². The molecule has 94 valence electrons. The zero-order valence-corrected chi connectivity index (χ0v) is 11.8. The Bertz CT molecular complexity index is 578. The number of ketones is 1. The van der Waals surface area contributed by atoms with Gasteiger partial charge in [0.05, 0.1) is 11.3 Å². The fourth-order valence-electron chi connectivity index (χ4n) is 1.73. The van der Waals surface area contributed by atoms with Gasteiger partial charge >= 0.3 is 0 Å². The summed E-state index contributed by atoms with van der Waals surface area (Å²) in [5.41, 5.74) is 2.72. The van der Waals surface area contributed by atoms with E-state index in [1.165, 1.54) is 0 Å². The van der Waals surface area contributed by atoms with Crippen LogP contribution in [0.1, 0.15) is 29.9 Å². The van der Waals surface area contributed by atoms with Gasteiger partial charge in [-0.05, 0) is 36.4 Å². The Hall–Kier alpha value is -1.35. The number of carbonyl (C=O) groups is 1. The first kappa shape index (κ1) is 13.1. The standard InChI is InChI=1S/C15H17NOS/c1-10(2)18-9-15(17)13-6-7-14-12(8-13)5-4-11(3)16-14/h4-8,10H,9H2,1-3H3. The molecule has 1 aromatic carbocycles. The molecule has 18 heavy (non-hydrogen) atoms. The minimum absolute atomic E-state index is 0.191. The first-order valence-electron chi connectivity index (χ1n) is 6.08. The molecule has 1 heterocycles. The Balaban J connectivity index is 2.24. The summed E-state index contributed by atoms with van der Waals surface area (Å²) in [4.78, 5) is 16.5. The van der Waals surface area contributed by atoms with Crippen molar-refractivity contribution in [3.05, 3.63) is 41.6 Å². The Labute approximate surface area is 112 Å². The van der Waals surface area contributed by atoms with Crippen molar-refractivity contribution in [1.82, 2.24) is 4.98 Å². The second-order valence-corrected chi connectivity index (χ2v) is 6.21. The van der Waals surface area contributed by atoms with Crippen molar-refractivity contribution in [1.29, 1.82) is 0 Å². The Kier molecular flexibility index (Phi) is 4.02. The molecule has 0 spiro atoms. The summed E-state index contributed by atoms with van der Waals surface area (Å²) in [6.45, 7) is 6.17. The number of benzene rings is 1. The van der Waals surface area contributed by atoms with Crippen LogP contribution in [0.3, 0.4) is 0 Å². The average Bonchev–Trinajstić information content (AvgIpc) is 2.35. The van der Waals surface area contributed by atoms with Gasteiger partial charge in [0.2, 0.25) is 0 Å². The molecule has 0 fully saturated rings. The van der Waals surface area contributed by atoms with Crippen LogP contribution in [-0.2, 0) is 0 Å². The molecule has 0 unspecified atom stereocenters. The van der Waals surface area contributed by atoms with Gasteiger partial charge in [-0.15, -0.1) is 0 Å². The van der Waals surface area contributed by atoms with E-state index in [1.807, 2.05) is 37.3 Å². The first-order valence-corrected chi connectivity index (χ1v) is 7.13. The van der Waals surface area contributed by atoms with Crippen LogP contribution < -0.4 is 0 Å². The molecule has 0 saturated heterocycles. The number of aromatic nitrogens is 1. The number of fused-ring (bicyclic) bond motifs is 1. The third-order valence-electron chi connectivity index (χ3n) is 2.70. The maximum Gasteiger partial charge on any atom is 0.172 e. The van der Waals surface area contributed by atoms with Crippen molar-refractivity contribution >= 4 is 28.4 Å². The monoisotopic (exact) mass is 259 g/mol. The van der Waals surface area contributed by atoms with E-state index in [1.54, 1.807) is 11.8 Å². The number of hydrogen-bond acceptors (Lipinski definition) is 3. The average molecular weight is 259 g/mol. The molecule has 2 aromatic rings. The van der Waals surface area contributed by atoms with E-state index in [-0.39, 0.29) is 5.78 Å². The zero-order valence-electron chi connectivity index (χ0n) is 10.9. The minimum atomic E-state index is 0.191. The van der Waals surface area contributed by atoms with Crippen molar-refractivity contribution in [3.63, 3.8) is 0 Å². The van der Waals surface area contributed by atoms with E-state index in [4.69, 9.17) is 0 Å². The summed E-state index contributed by atoms with van der Waals surface area (Å²) in [6.07, 6.45) is 0. The van der Waals surface area contributed by atoms with Gasteiger partial charge in [0, 0.05) is 16.6 Å². The number of thioether (sulfide) groups is 1. The van der Waals surface area contributed by atoms with Gasteiger partial charge in [-0.3, -0.25) is 9.78 Å². The highest BCUT2D eigenvalue weighted by Crippen LogP contribution is 2.17. The summed E-state index contributed by atoms with van der Waals surface area (Å²) in [7, 11) is 0. The number of Topliss-reactive ketones (excluding diaryl/α,β-unsaturated/α-hetero) is 1. The smallest absolute Gasteiger partial charge is 0.172 e. The molecule has 2 rings (SSSR count). The normalized spacial score (nSPS) is 11.1. The lowest BCUT2D eigenvalue weighted by Crippen LogP contribution is -2.04. The number of pyridine rings is 1. The Morgan fingerprint density at radius 1 is 1.28 bits per heavy atom. The van der Waals surface area contributed by atoms with Crippen LogP contribution in [0, 0.1) is 6.92 Å². The lowest BCUT2D eigenvalue weighted by molar-refractivity contribution is 0.102. The van der Waals surface area contributed by atoms with Gasteiger partial charge in [-0.2, -0.15) is 11.8 Å². The van der Waals surface area contributed by atoms with Crippen LogP contribution >= 0.6 is 11.8 Å². The van der Waals surface area contributed by atoms with E-state index in [0.29, 0.717) is 11.0 Å². The quantitative estimate of drug-likeness (QED) is 0.781. The highest BCUT2D eigenvalue weighted by atomic mass is 32.2. The highest BCUT2D eigenvalue weighted by Gasteiger charge is 2.08. The number of carbonyl (C=O) groups excluding carboxylic acids is 1. The van der Waals surface area contributed by atoms with E-state index < -0.39 is 0 Å². The van der Waals surface area contributed by atoms with Gasteiger partial charge in [-0.25, -0.2) is 0 Å². The fourth-order valence-corrected chi connectivity index (χ4v) is 2.38. The summed E-state index contributed by atoms with van der Waals surface area (Å²) in [5.74, 6) is 0.735. The molecule has 0 bridgehead atoms. The molecule has 0 radical (unpaired) electrons. The molecule has 3 heteroatoms. The van der Waals surface area contributed by atoms with Crippen LogP contribution in [0.4, 0.5) is 0 Å². The predicted octanol–water partition coefficient (Wildman–Crippen LogP) is 3.87. The summed E-state index contributed by atoms with van der Waals surface area (Å²) < 4.78 is 0. The van der Waals surface area contributed by atoms with Crippen LogP contribution in [-0.4, -0.2) is 21.8 Å². The largest absolute Gasteiger partial charge is 0.293 e. The summed E-state index contributed by atoms with van der Waals surface area (Å²) in [6, 6.07) is 9.72. The van der Waals surface area contributed by atoms with E-state index in [2.05, 4.69) is 18.8 Å². The maximum absolute atomic E-state index is 12.0. The van der Waals surface area contributed by atoms with Crippen LogP contribution in [0.25, 0.3) is 10.9 Å². The molecule has 1 aromatic heterocycles. The SMILES string of the molecule is Cc1ccc2cc(C(=O)CSC(C)C)ccc2n1. The zero-order chi connectivity index (χ0) is 13.1. The second-order valence-electron chi connectivity index (χ2n) is 4.64. The predicted molar refractivity (Wildman–Crippen MR) is 78.4 cm³/mol. The maximum atomic E-state index is 12.0. The van der Waals surface area contributed by atoms with Crippen LogP contribution in [0.15, 0.2) is 30.3 Å². The van der Waals surface area contributed by atoms with E-state index >= 15 is 0 Å². The Morgan fingerprint density at radius 3 is 2.78 bits per heavy atom. The number of hydrogen-bond donors (Lipinski definition) is 0. The van der Waals surface area contributed by atoms with Crippen LogP contribution in [0.5, 0.6) is 0 Å². The first-order chi connectivity index (χ1) is 8.56. The third-order valence-corrected chi connectivity index (χ3v) is 3.79. The molecule has 0 aliphatic rings. The second kappa shape index (κ2) is 5.53. The van der Waals surface area contributed by atoms with Crippen molar-refractivity contribution in [3.8, 4) is 0 Å². The van der Waals surface area contributed by atoms with Crippen molar-refractivity contribution < 1.29 is 4.79 Å². The molecule has 0 aliphatic carbocycles.